The SMILES string of the molecule is CNc1cc(-c2cccc(OCCC(F)(F)F)c2)n(-c2ccc(C)cc2)n1. The third kappa shape index (κ3) is 4.81. The lowest BCUT2D eigenvalue weighted by Gasteiger charge is -2.11. The van der Waals surface area contributed by atoms with E-state index >= 15 is 0 Å². The number of nitrogens with zero attached hydrogens (tertiary/aromatic N) is 2. The van der Waals surface area contributed by atoms with E-state index in [4.69, 9.17) is 4.74 Å². The molecule has 7 heteroatoms. The van der Waals surface area contributed by atoms with Crippen molar-refractivity contribution in [2.45, 2.75) is 19.5 Å². The van der Waals surface area contributed by atoms with Crippen LogP contribution in [-0.4, -0.2) is 29.6 Å². The number of nitrogens with one attached hydrogen (secondary N) is 1. The summed E-state index contributed by atoms with van der Waals surface area (Å²) in [4.78, 5) is 0. The number of hydrogen-bond donors (Lipinski definition) is 1. The van der Waals surface area contributed by atoms with Gasteiger partial charge < -0.3 is 10.1 Å². The largest absolute Gasteiger partial charge is 0.493 e. The van der Waals surface area contributed by atoms with Crippen molar-refractivity contribution in [1.82, 2.24) is 9.78 Å². The van der Waals surface area contributed by atoms with Gasteiger partial charge in [-0.25, -0.2) is 4.68 Å². The number of aromatic nitrogens is 2. The highest BCUT2D eigenvalue weighted by Crippen LogP contribution is 2.29. The van der Waals surface area contributed by atoms with Crippen LogP contribution in [0.5, 0.6) is 5.75 Å². The van der Waals surface area contributed by atoms with E-state index in [1.807, 2.05) is 43.3 Å². The molecule has 3 aromatic rings. The lowest BCUT2D eigenvalue weighted by atomic mass is 10.1. The second-order valence-corrected chi connectivity index (χ2v) is 6.15. The molecule has 2 aromatic carbocycles. The fraction of sp³-hybridized carbons (Fsp3) is 0.250. The monoisotopic (exact) mass is 375 g/mol. The summed E-state index contributed by atoms with van der Waals surface area (Å²) in [5.41, 5.74) is 3.64. The van der Waals surface area contributed by atoms with Crippen molar-refractivity contribution in [3.8, 4) is 22.7 Å². The van der Waals surface area contributed by atoms with Gasteiger partial charge in [-0.2, -0.15) is 13.2 Å². The maximum atomic E-state index is 12.3. The minimum absolute atomic E-state index is 0.388. The molecule has 0 aliphatic carbocycles. The van der Waals surface area contributed by atoms with E-state index in [9.17, 15) is 13.2 Å². The summed E-state index contributed by atoms with van der Waals surface area (Å²) in [6.07, 6.45) is -5.22. The average molecular weight is 375 g/mol. The molecule has 0 radical (unpaired) electrons. The molecule has 0 spiro atoms. The van der Waals surface area contributed by atoms with Crippen molar-refractivity contribution < 1.29 is 17.9 Å². The Hall–Kier alpha value is -2.96. The van der Waals surface area contributed by atoms with Crippen molar-refractivity contribution in [2.24, 2.45) is 0 Å². The first-order valence-electron chi connectivity index (χ1n) is 8.50. The van der Waals surface area contributed by atoms with Crippen LogP contribution in [0.15, 0.2) is 54.6 Å². The second kappa shape index (κ2) is 7.73. The molecule has 1 aromatic heterocycles. The molecule has 3 rings (SSSR count). The first kappa shape index (κ1) is 18.8. The normalized spacial score (nSPS) is 11.4. The molecular formula is C20H20F3N3O. The molecule has 27 heavy (non-hydrogen) atoms. The molecule has 1 N–H and O–H groups in total. The zero-order chi connectivity index (χ0) is 19.4. The molecule has 0 aliphatic rings. The van der Waals surface area contributed by atoms with Gasteiger partial charge in [0, 0.05) is 18.7 Å². The van der Waals surface area contributed by atoms with Crippen LogP contribution in [0.4, 0.5) is 19.0 Å². The number of anilines is 1. The van der Waals surface area contributed by atoms with Gasteiger partial charge >= 0.3 is 6.18 Å². The molecule has 0 amide bonds. The highest BCUT2D eigenvalue weighted by atomic mass is 19.4. The summed E-state index contributed by atoms with van der Waals surface area (Å²) < 4.78 is 44.0. The molecule has 0 fully saturated rings. The van der Waals surface area contributed by atoms with Crippen LogP contribution in [-0.2, 0) is 0 Å². The van der Waals surface area contributed by atoms with E-state index in [2.05, 4.69) is 10.4 Å². The van der Waals surface area contributed by atoms with Gasteiger partial charge in [-0.05, 0) is 31.2 Å². The Labute approximate surface area is 155 Å². The predicted octanol–water partition coefficient (Wildman–Crippen LogP) is 5.22. The fourth-order valence-corrected chi connectivity index (χ4v) is 2.62. The third-order valence-electron chi connectivity index (χ3n) is 4.03. The number of benzene rings is 2. The van der Waals surface area contributed by atoms with E-state index in [1.54, 1.807) is 29.9 Å². The summed E-state index contributed by atoms with van der Waals surface area (Å²) in [6, 6.07) is 16.8. The van der Waals surface area contributed by atoms with Crippen molar-refractivity contribution in [2.75, 3.05) is 19.0 Å². The highest BCUT2D eigenvalue weighted by Gasteiger charge is 2.26. The number of rotatable bonds is 6. The summed E-state index contributed by atoms with van der Waals surface area (Å²) in [7, 11) is 1.78. The molecule has 142 valence electrons. The molecule has 4 nitrogen and oxygen atoms in total. The number of aryl methyl sites for hydroxylation is 1. The van der Waals surface area contributed by atoms with Gasteiger partial charge in [0.15, 0.2) is 0 Å². The highest BCUT2D eigenvalue weighted by molar-refractivity contribution is 5.67. The second-order valence-electron chi connectivity index (χ2n) is 6.15. The number of alkyl halides is 3. The Balaban J connectivity index is 1.90. The zero-order valence-corrected chi connectivity index (χ0v) is 15.0. The Morgan fingerprint density at radius 2 is 1.81 bits per heavy atom. The Morgan fingerprint density at radius 3 is 2.48 bits per heavy atom. The van der Waals surface area contributed by atoms with E-state index in [0.717, 1.165) is 22.5 Å². The van der Waals surface area contributed by atoms with Crippen LogP contribution in [0.3, 0.4) is 0 Å². The summed E-state index contributed by atoms with van der Waals surface area (Å²) in [5.74, 6) is 1.08. The van der Waals surface area contributed by atoms with E-state index in [0.29, 0.717) is 11.6 Å². The molecule has 0 saturated heterocycles. The van der Waals surface area contributed by atoms with Gasteiger partial charge in [0.1, 0.15) is 11.6 Å². The topological polar surface area (TPSA) is 39.1 Å². The number of ether oxygens (including phenoxy) is 1. The van der Waals surface area contributed by atoms with Gasteiger partial charge in [0.2, 0.25) is 0 Å². The molecule has 0 unspecified atom stereocenters. The molecular weight excluding hydrogens is 355 g/mol. The molecule has 0 aliphatic heterocycles. The van der Waals surface area contributed by atoms with Crippen molar-refractivity contribution in [1.29, 1.82) is 0 Å². The Bertz CT molecular complexity index is 902. The zero-order valence-electron chi connectivity index (χ0n) is 15.0. The quantitative estimate of drug-likeness (QED) is 0.642. The fourth-order valence-electron chi connectivity index (χ4n) is 2.62. The number of halogens is 3. The standard InChI is InChI=1S/C20H20F3N3O/c1-14-6-8-16(9-7-14)26-18(13-19(24-2)25-26)15-4-3-5-17(12-15)27-11-10-20(21,22)23/h3-9,12-13H,10-11H2,1-2H3,(H,24,25). The Kier molecular flexibility index (Phi) is 5.39. The maximum Gasteiger partial charge on any atom is 0.392 e. The van der Waals surface area contributed by atoms with Crippen LogP contribution in [0.2, 0.25) is 0 Å². The van der Waals surface area contributed by atoms with Crippen molar-refractivity contribution >= 4 is 5.82 Å². The summed E-state index contributed by atoms with van der Waals surface area (Å²) in [5, 5.41) is 7.56. The lowest BCUT2D eigenvalue weighted by molar-refractivity contribution is -0.139. The molecule has 0 saturated carbocycles. The smallest absolute Gasteiger partial charge is 0.392 e. The summed E-state index contributed by atoms with van der Waals surface area (Å²) in [6.45, 7) is 1.60. The third-order valence-corrected chi connectivity index (χ3v) is 4.03. The van der Waals surface area contributed by atoms with Gasteiger partial charge in [0.05, 0.1) is 24.4 Å². The van der Waals surface area contributed by atoms with Gasteiger partial charge in [-0.1, -0.05) is 29.8 Å². The number of hydrogen-bond acceptors (Lipinski definition) is 3. The molecule has 0 bridgehead atoms. The van der Waals surface area contributed by atoms with Crippen LogP contribution in [0, 0.1) is 6.92 Å². The van der Waals surface area contributed by atoms with Gasteiger partial charge in [-0.15, -0.1) is 5.10 Å². The first-order valence-corrected chi connectivity index (χ1v) is 8.50. The molecule has 0 atom stereocenters. The van der Waals surface area contributed by atoms with E-state index < -0.39 is 19.2 Å². The van der Waals surface area contributed by atoms with Crippen LogP contribution in [0.1, 0.15) is 12.0 Å². The van der Waals surface area contributed by atoms with E-state index in [1.165, 1.54) is 0 Å². The first-order chi connectivity index (χ1) is 12.9. The van der Waals surface area contributed by atoms with Gasteiger partial charge in [0.25, 0.3) is 0 Å². The van der Waals surface area contributed by atoms with E-state index in [-0.39, 0.29) is 0 Å². The molecule has 1 heterocycles. The predicted molar refractivity (Wildman–Crippen MR) is 99.5 cm³/mol. The average Bonchev–Trinajstić information content (AvgIpc) is 3.06. The van der Waals surface area contributed by atoms with Crippen molar-refractivity contribution in [3.63, 3.8) is 0 Å². The minimum Gasteiger partial charge on any atom is -0.493 e. The van der Waals surface area contributed by atoms with Crippen LogP contribution >= 0.6 is 0 Å². The van der Waals surface area contributed by atoms with Crippen LogP contribution in [0.25, 0.3) is 16.9 Å². The van der Waals surface area contributed by atoms with Crippen LogP contribution < -0.4 is 10.1 Å². The van der Waals surface area contributed by atoms with Gasteiger partial charge in [-0.3, -0.25) is 0 Å². The maximum absolute atomic E-state index is 12.3. The minimum atomic E-state index is -4.23. The summed E-state index contributed by atoms with van der Waals surface area (Å²) >= 11 is 0. The van der Waals surface area contributed by atoms with Crippen molar-refractivity contribution in [3.05, 3.63) is 60.2 Å². The lowest BCUT2D eigenvalue weighted by Crippen LogP contribution is -2.13. The Morgan fingerprint density at radius 1 is 1.07 bits per heavy atom.